The Labute approximate surface area is 159 Å². The minimum atomic E-state index is -4.29. The van der Waals surface area contributed by atoms with E-state index in [0.29, 0.717) is 12.8 Å². The van der Waals surface area contributed by atoms with Crippen LogP contribution in [0.4, 0.5) is 0 Å². The SMILES string of the molecule is CCCCCCCCCCC(CC(O)CCC)S(=O)(=O)[O-].[Na+]. The van der Waals surface area contributed by atoms with Gasteiger partial charge in [-0.25, -0.2) is 8.42 Å². The van der Waals surface area contributed by atoms with Gasteiger partial charge in [-0.05, 0) is 19.3 Å². The third kappa shape index (κ3) is 14.5. The summed E-state index contributed by atoms with van der Waals surface area (Å²) in [5, 5.41) is 8.79. The number of unbranched alkanes of at least 4 members (excludes halogenated alkanes) is 7. The molecule has 0 heterocycles. The van der Waals surface area contributed by atoms with E-state index in [2.05, 4.69) is 6.92 Å². The predicted octanol–water partition coefficient (Wildman–Crippen LogP) is 0.986. The molecule has 0 amide bonds. The van der Waals surface area contributed by atoms with Crippen LogP contribution in [0.3, 0.4) is 0 Å². The molecule has 128 valence electrons. The van der Waals surface area contributed by atoms with E-state index in [-0.39, 0.29) is 36.0 Å². The van der Waals surface area contributed by atoms with Gasteiger partial charge < -0.3 is 9.66 Å². The van der Waals surface area contributed by atoms with E-state index < -0.39 is 21.5 Å². The second-order valence-electron chi connectivity index (χ2n) is 6.06. The van der Waals surface area contributed by atoms with Crippen LogP contribution in [0.2, 0.25) is 0 Å². The number of rotatable bonds is 14. The molecule has 0 aromatic rings. The van der Waals surface area contributed by atoms with Crippen molar-refractivity contribution in [3.63, 3.8) is 0 Å². The molecule has 0 aromatic heterocycles. The monoisotopic (exact) mass is 344 g/mol. The van der Waals surface area contributed by atoms with Crippen molar-refractivity contribution in [3.8, 4) is 0 Å². The molecule has 0 radical (unpaired) electrons. The summed E-state index contributed by atoms with van der Waals surface area (Å²) in [7, 11) is -4.29. The Morgan fingerprint density at radius 3 is 1.82 bits per heavy atom. The van der Waals surface area contributed by atoms with Gasteiger partial charge in [0, 0.05) is 0 Å². The van der Waals surface area contributed by atoms with Crippen molar-refractivity contribution in [3.05, 3.63) is 0 Å². The average molecular weight is 344 g/mol. The number of aliphatic hydroxyl groups is 1. The molecule has 6 heteroatoms. The summed E-state index contributed by atoms with van der Waals surface area (Å²) >= 11 is 0. The fraction of sp³-hybridized carbons (Fsp3) is 1.00. The molecule has 0 aromatic carbocycles. The van der Waals surface area contributed by atoms with E-state index in [4.69, 9.17) is 0 Å². The Hall–Kier alpha value is 0.870. The van der Waals surface area contributed by atoms with E-state index in [0.717, 1.165) is 25.7 Å². The molecule has 0 aliphatic carbocycles. The molecule has 0 bridgehead atoms. The third-order valence-corrected chi connectivity index (χ3v) is 5.19. The Morgan fingerprint density at radius 1 is 0.864 bits per heavy atom. The summed E-state index contributed by atoms with van der Waals surface area (Å²) in [4.78, 5) is 0. The van der Waals surface area contributed by atoms with E-state index in [9.17, 15) is 18.1 Å². The van der Waals surface area contributed by atoms with Crippen LogP contribution in [0.25, 0.3) is 0 Å². The van der Waals surface area contributed by atoms with Crippen LogP contribution in [0.1, 0.15) is 90.9 Å². The molecular formula is C16H33NaO4S. The van der Waals surface area contributed by atoms with Crippen LogP contribution in [-0.2, 0) is 10.1 Å². The Morgan fingerprint density at radius 2 is 1.36 bits per heavy atom. The number of aliphatic hydroxyl groups excluding tert-OH is 1. The van der Waals surface area contributed by atoms with E-state index in [1.54, 1.807) is 0 Å². The molecule has 4 nitrogen and oxygen atoms in total. The molecule has 0 saturated carbocycles. The van der Waals surface area contributed by atoms with Crippen molar-refractivity contribution in [1.29, 1.82) is 0 Å². The van der Waals surface area contributed by atoms with Gasteiger partial charge in [0.05, 0.1) is 21.5 Å². The molecule has 1 N–H and O–H groups in total. The first kappa shape index (κ1) is 25.1. The quantitative estimate of drug-likeness (QED) is 0.290. The van der Waals surface area contributed by atoms with E-state index in [1.807, 2.05) is 6.92 Å². The van der Waals surface area contributed by atoms with E-state index >= 15 is 0 Å². The zero-order chi connectivity index (χ0) is 16.1. The summed E-state index contributed by atoms with van der Waals surface area (Å²) in [5.74, 6) is 0. The van der Waals surface area contributed by atoms with Crippen molar-refractivity contribution in [2.75, 3.05) is 0 Å². The van der Waals surface area contributed by atoms with Crippen LogP contribution in [0, 0.1) is 0 Å². The van der Waals surface area contributed by atoms with Gasteiger partial charge in [-0.3, -0.25) is 0 Å². The largest absolute Gasteiger partial charge is 1.00 e. The molecule has 0 saturated heterocycles. The minimum absolute atomic E-state index is 0. The second kappa shape index (κ2) is 15.4. The van der Waals surface area contributed by atoms with Gasteiger partial charge >= 0.3 is 29.6 Å². The van der Waals surface area contributed by atoms with Crippen molar-refractivity contribution in [2.24, 2.45) is 0 Å². The summed E-state index contributed by atoms with van der Waals surface area (Å²) in [5.41, 5.74) is 0. The topological polar surface area (TPSA) is 77.4 Å². The first-order chi connectivity index (χ1) is 9.91. The standard InChI is InChI=1S/C16H34O4S.Na/c1-3-5-6-7-8-9-10-11-13-16(21(18,19)20)14-15(17)12-4-2;/h15-17H,3-14H2,1-2H3,(H,18,19,20);/q;+1/p-1. The van der Waals surface area contributed by atoms with Crippen LogP contribution >= 0.6 is 0 Å². The maximum Gasteiger partial charge on any atom is 1.00 e. The fourth-order valence-corrected chi connectivity index (χ4v) is 3.55. The van der Waals surface area contributed by atoms with Gasteiger partial charge in [0.25, 0.3) is 0 Å². The van der Waals surface area contributed by atoms with Gasteiger partial charge in [-0.1, -0.05) is 71.6 Å². The number of hydrogen-bond acceptors (Lipinski definition) is 4. The second-order valence-corrected chi connectivity index (χ2v) is 7.71. The van der Waals surface area contributed by atoms with Gasteiger partial charge in [0.15, 0.2) is 0 Å². The first-order valence-electron chi connectivity index (χ1n) is 8.54. The van der Waals surface area contributed by atoms with Gasteiger partial charge in [0.2, 0.25) is 0 Å². The third-order valence-electron chi connectivity index (χ3n) is 3.94. The molecule has 0 rings (SSSR count). The predicted molar refractivity (Wildman–Crippen MR) is 86.2 cm³/mol. The van der Waals surface area contributed by atoms with Gasteiger partial charge in [-0.15, -0.1) is 0 Å². The smallest absolute Gasteiger partial charge is 0.748 e. The molecular weight excluding hydrogens is 311 g/mol. The maximum absolute atomic E-state index is 11.2. The molecule has 0 aliphatic rings. The molecule has 2 unspecified atom stereocenters. The molecule has 2 atom stereocenters. The molecule has 0 aliphatic heterocycles. The van der Waals surface area contributed by atoms with Crippen LogP contribution < -0.4 is 29.6 Å². The van der Waals surface area contributed by atoms with Crippen molar-refractivity contribution in [1.82, 2.24) is 0 Å². The van der Waals surface area contributed by atoms with Gasteiger partial charge in [-0.2, -0.15) is 0 Å². The zero-order valence-electron chi connectivity index (χ0n) is 14.7. The van der Waals surface area contributed by atoms with Crippen LogP contribution in [0.5, 0.6) is 0 Å². The molecule has 0 fully saturated rings. The molecule has 22 heavy (non-hydrogen) atoms. The summed E-state index contributed by atoms with van der Waals surface area (Å²) in [6.07, 6.45) is 10.2. The minimum Gasteiger partial charge on any atom is -0.748 e. The zero-order valence-corrected chi connectivity index (χ0v) is 17.5. The average Bonchev–Trinajstić information content (AvgIpc) is 2.39. The van der Waals surface area contributed by atoms with Crippen molar-refractivity contribution in [2.45, 2.75) is 102 Å². The summed E-state index contributed by atoms with van der Waals surface area (Å²) < 4.78 is 33.7. The Bertz CT molecular complexity index is 333. The van der Waals surface area contributed by atoms with E-state index in [1.165, 1.54) is 32.1 Å². The maximum atomic E-state index is 11.2. The van der Waals surface area contributed by atoms with Crippen molar-refractivity contribution >= 4 is 10.1 Å². The van der Waals surface area contributed by atoms with Crippen LogP contribution in [-0.4, -0.2) is 29.4 Å². The van der Waals surface area contributed by atoms with Crippen LogP contribution in [0.15, 0.2) is 0 Å². The Kier molecular flexibility index (Phi) is 17.6. The number of hydrogen-bond donors (Lipinski definition) is 1. The summed E-state index contributed by atoms with van der Waals surface area (Å²) in [6, 6.07) is 0. The first-order valence-corrected chi connectivity index (χ1v) is 10.0. The van der Waals surface area contributed by atoms with Gasteiger partial charge in [0.1, 0.15) is 0 Å². The summed E-state index contributed by atoms with van der Waals surface area (Å²) in [6.45, 7) is 4.12. The Balaban J connectivity index is 0. The normalized spacial score (nSPS) is 14.4. The van der Waals surface area contributed by atoms with Crippen molar-refractivity contribution < 1.29 is 47.6 Å². The fourth-order valence-electron chi connectivity index (χ4n) is 2.64. The molecule has 0 spiro atoms.